The lowest BCUT2D eigenvalue weighted by Gasteiger charge is -2.04. The van der Waals surface area contributed by atoms with Crippen LogP contribution in [0.2, 0.25) is 0 Å². The molecule has 0 radical (unpaired) electrons. The number of aromatic nitrogens is 1. The van der Waals surface area contributed by atoms with E-state index >= 15 is 0 Å². The molecule has 2 rings (SSSR count). The molecule has 6 heteroatoms. The molecule has 2 aromatic rings. The molecule has 0 aliphatic heterocycles. The van der Waals surface area contributed by atoms with Crippen LogP contribution < -0.4 is 10.1 Å². The Morgan fingerprint density at radius 2 is 2.24 bits per heavy atom. The molecule has 0 fully saturated rings. The Kier molecular flexibility index (Phi) is 4.42. The zero-order valence-electron chi connectivity index (χ0n) is 9.04. The molecule has 0 spiro atoms. The van der Waals surface area contributed by atoms with Gasteiger partial charge in [0.2, 0.25) is 5.88 Å². The molecule has 2 aromatic heterocycles. The minimum Gasteiger partial charge on any atom is -0.481 e. The summed E-state index contributed by atoms with van der Waals surface area (Å²) in [5.41, 5.74) is 0.978. The molecule has 0 aliphatic rings. The maximum absolute atomic E-state index is 5.00. The van der Waals surface area contributed by atoms with Crippen molar-refractivity contribution in [3.63, 3.8) is 0 Å². The van der Waals surface area contributed by atoms with Crippen LogP contribution in [0.25, 0.3) is 0 Å². The fraction of sp³-hybridized carbons (Fsp3) is 0.182. The summed E-state index contributed by atoms with van der Waals surface area (Å²) in [5, 5.41) is 3.30. The van der Waals surface area contributed by atoms with Gasteiger partial charge < -0.3 is 10.1 Å². The number of nitrogens with one attached hydrogen (secondary N) is 1. The zero-order chi connectivity index (χ0) is 12.3. The summed E-state index contributed by atoms with van der Waals surface area (Å²) >= 11 is 8.65. The number of anilines is 1. The van der Waals surface area contributed by atoms with Crippen LogP contribution in [0.5, 0.6) is 5.88 Å². The van der Waals surface area contributed by atoms with Gasteiger partial charge in [-0.15, -0.1) is 11.3 Å². The summed E-state index contributed by atoms with van der Waals surface area (Å²) in [5.74, 6) is 0.622. The highest BCUT2D eigenvalue weighted by Gasteiger charge is 2.03. The first-order valence-electron chi connectivity index (χ1n) is 4.86. The van der Waals surface area contributed by atoms with Gasteiger partial charge in [0.15, 0.2) is 0 Å². The molecule has 2 heterocycles. The van der Waals surface area contributed by atoms with Crippen molar-refractivity contribution in [1.82, 2.24) is 4.98 Å². The molecule has 0 aliphatic carbocycles. The lowest BCUT2D eigenvalue weighted by molar-refractivity contribution is 0.398. The van der Waals surface area contributed by atoms with Gasteiger partial charge in [0.1, 0.15) is 0 Å². The van der Waals surface area contributed by atoms with Gasteiger partial charge in [-0.05, 0) is 44.0 Å². The number of hydrogen-bond donors (Lipinski definition) is 1. The van der Waals surface area contributed by atoms with Gasteiger partial charge in [-0.2, -0.15) is 0 Å². The van der Waals surface area contributed by atoms with E-state index in [-0.39, 0.29) is 0 Å². The highest BCUT2D eigenvalue weighted by molar-refractivity contribution is 9.13. The first-order chi connectivity index (χ1) is 8.19. The number of methoxy groups -OCH3 is 1. The summed E-state index contributed by atoms with van der Waals surface area (Å²) in [4.78, 5) is 5.38. The lowest BCUT2D eigenvalue weighted by Crippen LogP contribution is -1.98. The predicted molar refractivity (Wildman–Crippen MR) is 77.8 cm³/mol. The molecule has 1 N–H and O–H groups in total. The first kappa shape index (κ1) is 12.9. The zero-order valence-corrected chi connectivity index (χ0v) is 13.0. The molecular weight excluding hydrogens is 368 g/mol. The molecule has 0 amide bonds. The largest absolute Gasteiger partial charge is 0.481 e. The maximum Gasteiger partial charge on any atom is 0.213 e. The second-order valence-corrected chi connectivity index (χ2v) is 6.59. The standard InChI is InChI=1S/C11H10Br2N2OS/c1-16-10-3-2-7(5-15-10)14-6-8-4-9(12)11(13)17-8/h2-5,14H,6H2,1H3. The Bertz CT molecular complexity index is 479. The lowest BCUT2D eigenvalue weighted by atomic mass is 10.4. The van der Waals surface area contributed by atoms with Crippen molar-refractivity contribution in [2.45, 2.75) is 6.54 Å². The van der Waals surface area contributed by atoms with Crippen LogP contribution >= 0.6 is 43.2 Å². The predicted octanol–water partition coefficient (Wildman–Crippen LogP) is 4.29. The molecule has 17 heavy (non-hydrogen) atoms. The van der Waals surface area contributed by atoms with Crippen LogP contribution in [0.1, 0.15) is 4.88 Å². The number of halogens is 2. The summed E-state index contributed by atoms with van der Waals surface area (Å²) in [6.45, 7) is 0.781. The second kappa shape index (κ2) is 5.84. The number of pyridine rings is 1. The van der Waals surface area contributed by atoms with Crippen molar-refractivity contribution in [2.75, 3.05) is 12.4 Å². The number of hydrogen-bond acceptors (Lipinski definition) is 4. The SMILES string of the molecule is COc1ccc(NCc2cc(Br)c(Br)s2)cn1. The Balaban J connectivity index is 1.97. The number of nitrogens with zero attached hydrogens (tertiary/aromatic N) is 1. The molecule has 0 aromatic carbocycles. The number of ether oxygens (including phenoxy) is 1. The van der Waals surface area contributed by atoms with Gasteiger partial charge in [0, 0.05) is 22.0 Å². The van der Waals surface area contributed by atoms with Crippen LogP contribution in [-0.2, 0) is 6.54 Å². The fourth-order valence-electron chi connectivity index (χ4n) is 1.27. The van der Waals surface area contributed by atoms with E-state index in [0.717, 1.165) is 20.5 Å². The van der Waals surface area contributed by atoms with E-state index in [2.05, 4.69) is 48.2 Å². The molecule has 0 saturated carbocycles. The quantitative estimate of drug-likeness (QED) is 0.862. The Morgan fingerprint density at radius 1 is 1.41 bits per heavy atom. The number of thiophene rings is 1. The van der Waals surface area contributed by atoms with E-state index < -0.39 is 0 Å². The molecule has 3 nitrogen and oxygen atoms in total. The van der Waals surface area contributed by atoms with Gasteiger partial charge in [0.05, 0.1) is 22.8 Å². The topological polar surface area (TPSA) is 34.1 Å². The smallest absolute Gasteiger partial charge is 0.213 e. The average Bonchev–Trinajstić information content (AvgIpc) is 2.67. The Morgan fingerprint density at radius 3 is 2.76 bits per heavy atom. The summed E-state index contributed by atoms with van der Waals surface area (Å²) < 4.78 is 7.20. The minimum absolute atomic E-state index is 0.622. The fourth-order valence-corrected chi connectivity index (χ4v) is 3.39. The summed E-state index contributed by atoms with van der Waals surface area (Å²) in [6.07, 6.45) is 1.76. The molecule has 0 unspecified atom stereocenters. The van der Waals surface area contributed by atoms with Gasteiger partial charge in [-0.1, -0.05) is 0 Å². The number of rotatable bonds is 4. The van der Waals surface area contributed by atoms with Crippen LogP contribution in [-0.4, -0.2) is 12.1 Å². The van der Waals surface area contributed by atoms with Crippen molar-refractivity contribution in [1.29, 1.82) is 0 Å². The van der Waals surface area contributed by atoms with E-state index in [1.54, 1.807) is 24.6 Å². The third-order valence-corrected chi connectivity index (χ3v) is 5.36. The van der Waals surface area contributed by atoms with Crippen LogP contribution in [0.15, 0.2) is 32.7 Å². The van der Waals surface area contributed by atoms with E-state index in [1.807, 2.05) is 12.1 Å². The Hall–Kier alpha value is -0.590. The van der Waals surface area contributed by atoms with E-state index in [4.69, 9.17) is 4.74 Å². The molecular formula is C11H10Br2N2OS. The van der Waals surface area contributed by atoms with Crippen molar-refractivity contribution >= 4 is 48.9 Å². The normalized spacial score (nSPS) is 10.3. The van der Waals surface area contributed by atoms with Crippen molar-refractivity contribution in [2.24, 2.45) is 0 Å². The van der Waals surface area contributed by atoms with Crippen molar-refractivity contribution in [3.05, 3.63) is 37.5 Å². The van der Waals surface area contributed by atoms with Crippen LogP contribution in [0, 0.1) is 0 Å². The highest BCUT2D eigenvalue weighted by atomic mass is 79.9. The van der Waals surface area contributed by atoms with Gasteiger partial charge >= 0.3 is 0 Å². The molecule has 0 atom stereocenters. The molecule has 0 bridgehead atoms. The maximum atomic E-state index is 5.00. The third kappa shape index (κ3) is 3.43. The monoisotopic (exact) mass is 376 g/mol. The first-order valence-corrected chi connectivity index (χ1v) is 7.27. The highest BCUT2D eigenvalue weighted by Crippen LogP contribution is 2.32. The minimum atomic E-state index is 0.622. The van der Waals surface area contributed by atoms with Crippen LogP contribution in [0.3, 0.4) is 0 Å². The van der Waals surface area contributed by atoms with E-state index in [1.165, 1.54) is 4.88 Å². The van der Waals surface area contributed by atoms with Crippen LogP contribution in [0.4, 0.5) is 5.69 Å². The van der Waals surface area contributed by atoms with E-state index in [0.29, 0.717) is 5.88 Å². The molecule has 0 saturated heterocycles. The van der Waals surface area contributed by atoms with Gasteiger partial charge in [0.25, 0.3) is 0 Å². The average molecular weight is 378 g/mol. The summed E-state index contributed by atoms with van der Waals surface area (Å²) in [6, 6.07) is 5.88. The molecule has 90 valence electrons. The van der Waals surface area contributed by atoms with Gasteiger partial charge in [-0.25, -0.2) is 4.98 Å². The van der Waals surface area contributed by atoms with E-state index in [9.17, 15) is 0 Å². The van der Waals surface area contributed by atoms with Crippen molar-refractivity contribution < 1.29 is 4.74 Å². The van der Waals surface area contributed by atoms with Crippen molar-refractivity contribution in [3.8, 4) is 5.88 Å². The Labute approximate surface area is 120 Å². The summed E-state index contributed by atoms with van der Waals surface area (Å²) in [7, 11) is 1.61. The third-order valence-electron chi connectivity index (χ3n) is 2.11. The van der Waals surface area contributed by atoms with Gasteiger partial charge in [-0.3, -0.25) is 0 Å². The second-order valence-electron chi connectivity index (χ2n) is 3.28.